The molecular weight excluding hydrogens is 522 g/mol. The van der Waals surface area contributed by atoms with Gasteiger partial charge in [0.25, 0.3) is 0 Å². The molecule has 0 spiro atoms. The number of benzene rings is 3. The maximum absolute atomic E-state index is 13.7. The molecule has 40 heavy (non-hydrogen) atoms. The fourth-order valence-corrected chi connectivity index (χ4v) is 7.30. The molecule has 0 bridgehead atoms. The van der Waals surface area contributed by atoms with Crippen molar-refractivity contribution in [3.05, 3.63) is 118 Å². The Balaban J connectivity index is 1.41. The van der Waals surface area contributed by atoms with Crippen LogP contribution in [-0.2, 0) is 21.9 Å². The van der Waals surface area contributed by atoms with Crippen molar-refractivity contribution in [1.29, 1.82) is 0 Å². The summed E-state index contributed by atoms with van der Waals surface area (Å²) in [6, 6.07) is 26.0. The molecule has 1 heterocycles. The molecule has 0 amide bonds. The van der Waals surface area contributed by atoms with Gasteiger partial charge in [-0.3, -0.25) is 0 Å². The number of aromatic hydroxyl groups is 1. The normalized spacial score (nSPS) is 17.5. The van der Waals surface area contributed by atoms with Crippen LogP contribution in [0.1, 0.15) is 66.9 Å². The number of rotatable bonds is 8. The number of hydrogen-bond donors (Lipinski definition) is 2. The van der Waals surface area contributed by atoms with E-state index >= 15 is 0 Å². The molecule has 2 aliphatic carbocycles. The van der Waals surface area contributed by atoms with Gasteiger partial charge in [-0.05, 0) is 60.8 Å². The van der Waals surface area contributed by atoms with E-state index in [0.717, 1.165) is 50.5 Å². The van der Waals surface area contributed by atoms with E-state index in [9.17, 15) is 18.3 Å². The molecule has 206 valence electrons. The molecule has 7 heteroatoms. The predicted octanol–water partition coefficient (Wildman–Crippen LogP) is 6.26. The third-order valence-electron chi connectivity index (χ3n) is 8.59. The zero-order valence-corrected chi connectivity index (χ0v) is 23.1. The smallest absolute Gasteiger partial charge is 0.343 e. The summed E-state index contributed by atoms with van der Waals surface area (Å²) in [7, 11) is -3.93. The number of hydrogen-bond acceptors (Lipinski definition) is 5. The van der Waals surface area contributed by atoms with Crippen molar-refractivity contribution in [3.8, 4) is 16.9 Å². The van der Waals surface area contributed by atoms with Crippen LogP contribution in [0.3, 0.4) is 0 Å². The number of primary sulfonamides is 1. The van der Waals surface area contributed by atoms with Crippen molar-refractivity contribution < 1.29 is 17.9 Å². The van der Waals surface area contributed by atoms with Gasteiger partial charge in [-0.15, -0.1) is 0 Å². The molecule has 2 saturated carbocycles. The largest absolute Gasteiger partial charge is 0.507 e. The summed E-state index contributed by atoms with van der Waals surface area (Å²) in [6.07, 6.45) is 6.53. The van der Waals surface area contributed by atoms with Crippen molar-refractivity contribution in [2.24, 2.45) is 11.1 Å². The third kappa shape index (κ3) is 5.11. The first-order valence-corrected chi connectivity index (χ1v) is 15.4. The van der Waals surface area contributed by atoms with Crippen LogP contribution < -0.4 is 10.8 Å². The first kappa shape index (κ1) is 26.5. The highest BCUT2D eigenvalue weighted by atomic mass is 32.2. The van der Waals surface area contributed by atoms with E-state index in [4.69, 9.17) is 9.56 Å². The Kier molecular flexibility index (Phi) is 6.88. The maximum Gasteiger partial charge on any atom is 0.343 e. The second-order valence-corrected chi connectivity index (χ2v) is 12.9. The first-order valence-electron chi connectivity index (χ1n) is 13.9. The molecule has 0 saturated heterocycles. The Labute approximate surface area is 234 Å². The highest BCUT2D eigenvalue weighted by Gasteiger charge is 2.41. The molecular formula is C33H33NO5S. The lowest BCUT2D eigenvalue weighted by Crippen LogP contribution is -2.28. The van der Waals surface area contributed by atoms with E-state index < -0.39 is 15.6 Å². The minimum absolute atomic E-state index is 0.0298. The predicted molar refractivity (Wildman–Crippen MR) is 155 cm³/mol. The van der Waals surface area contributed by atoms with Crippen molar-refractivity contribution in [1.82, 2.24) is 0 Å². The minimum Gasteiger partial charge on any atom is -0.507 e. The van der Waals surface area contributed by atoms with Crippen LogP contribution in [0.25, 0.3) is 11.1 Å². The first-order chi connectivity index (χ1) is 19.2. The van der Waals surface area contributed by atoms with Crippen LogP contribution in [-0.4, -0.2) is 13.5 Å². The average Bonchev–Trinajstić information content (AvgIpc) is 3.67. The van der Waals surface area contributed by atoms with Crippen LogP contribution in [0.15, 0.2) is 99.0 Å². The summed E-state index contributed by atoms with van der Waals surface area (Å²) in [5.41, 5.74) is 2.65. The number of sulfonamides is 1. The van der Waals surface area contributed by atoms with E-state index in [0.29, 0.717) is 16.9 Å². The molecule has 6 rings (SSSR count). The average molecular weight is 556 g/mol. The molecule has 1 atom stereocenters. The summed E-state index contributed by atoms with van der Waals surface area (Å²) in [4.78, 5) is 13.7. The molecule has 6 nitrogen and oxygen atoms in total. The molecule has 4 aromatic rings. The topological polar surface area (TPSA) is 111 Å². The Morgan fingerprint density at radius 1 is 0.925 bits per heavy atom. The van der Waals surface area contributed by atoms with Crippen molar-refractivity contribution in [2.75, 3.05) is 0 Å². The molecule has 2 fully saturated rings. The summed E-state index contributed by atoms with van der Waals surface area (Å²) in [5, 5.41) is 16.9. The maximum atomic E-state index is 13.7. The fourth-order valence-electron chi connectivity index (χ4n) is 6.54. The molecule has 0 radical (unpaired) electrons. The van der Waals surface area contributed by atoms with Gasteiger partial charge in [0, 0.05) is 23.0 Å². The van der Waals surface area contributed by atoms with E-state index in [1.165, 1.54) is 11.6 Å². The summed E-state index contributed by atoms with van der Waals surface area (Å²) in [5.74, 6) is 0.358. The van der Waals surface area contributed by atoms with Gasteiger partial charge in [0.2, 0.25) is 10.0 Å². The zero-order valence-electron chi connectivity index (χ0n) is 22.3. The Morgan fingerprint density at radius 2 is 1.62 bits per heavy atom. The lowest BCUT2D eigenvalue weighted by molar-refractivity contribution is 0.305. The Hall–Kier alpha value is -3.68. The van der Waals surface area contributed by atoms with Crippen LogP contribution in [0, 0.1) is 5.92 Å². The van der Waals surface area contributed by atoms with Crippen LogP contribution in [0.4, 0.5) is 0 Å². The molecule has 3 aromatic carbocycles. The zero-order chi connectivity index (χ0) is 27.9. The lowest BCUT2D eigenvalue weighted by Gasteiger charge is -2.29. The van der Waals surface area contributed by atoms with E-state index in [-0.39, 0.29) is 33.5 Å². The lowest BCUT2D eigenvalue weighted by atomic mass is 9.77. The molecule has 3 N–H and O–H groups in total. The van der Waals surface area contributed by atoms with Crippen molar-refractivity contribution >= 4 is 10.0 Å². The van der Waals surface area contributed by atoms with Gasteiger partial charge in [0.1, 0.15) is 11.5 Å². The Bertz CT molecular complexity index is 1700. The van der Waals surface area contributed by atoms with Gasteiger partial charge in [-0.1, -0.05) is 85.6 Å². The van der Waals surface area contributed by atoms with Gasteiger partial charge in [-0.2, -0.15) is 0 Å². The van der Waals surface area contributed by atoms with E-state index in [1.807, 2.05) is 42.5 Å². The van der Waals surface area contributed by atoms with Gasteiger partial charge in [-0.25, -0.2) is 18.4 Å². The quantitative estimate of drug-likeness (QED) is 0.267. The molecule has 0 aliphatic heterocycles. The fraction of sp³-hybridized carbons (Fsp3) is 0.303. The number of nitrogens with two attached hydrogens (primary N) is 1. The summed E-state index contributed by atoms with van der Waals surface area (Å²) < 4.78 is 30.6. The summed E-state index contributed by atoms with van der Waals surface area (Å²) >= 11 is 0. The SMILES string of the molecule is NS(=O)(=O)c1ccccc1-c1cccc(C(c2c(O)cc(C3(Cc4ccccc4)CCCC3)oc2=O)C2CC2)c1. The Morgan fingerprint density at radius 3 is 2.30 bits per heavy atom. The second kappa shape index (κ2) is 10.4. The van der Waals surface area contributed by atoms with Crippen LogP contribution in [0.2, 0.25) is 0 Å². The van der Waals surface area contributed by atoms with Gasteiger partial charge < -0.3 is 9.52 Å². The van der Waals surface area contributed by atoms with E-state index in [2.05, 4.69) is 12.1 Å². The van der Waals surface area contributed by atoms with E-state index in [1.54, 1.807) is 24.3 Å². The van der Waals surface area contributed by atoms with Crippen LogP contribution >= 0.6 is 0 Å². The monoisotopic (exact) mass is 555 g/mol. The van der Waals surface area contributed by atoms with Crippen LogP contribution in [0.5, 0.6) is 5.75 Å². The molecule has 1 aromatic heterocycles. The molecule has 2 aliphatic rings. The second-order valence-electron chi connectivity index (χ2n) is 11.3. The minimum atomic E-state index is -3.93. The third-order valence-corrected chi connectivity index (χ3v) is 9.56. The van der Waals surface area contributed by atoms with Gasteiger partial charge in [0.15, 0.2) is 0 Å². The molecule has 1 unspecified atom stereocenters. The highest BCUT2D eigenvalue weighted by molar-refractivity contribution is 7.89. The van der Waals surface area contributed by atoms with Gasteiger partial charge >= 0.3 is 5.63 Å². The summed E-state index contributed by atoms with van der Waals surface area (Å²) in [6.45, 7) is 0. The standard InChI is InChI=1S/C33H33NO5S/c34-40(37,38)28-14-5-4-13-26(28)24-11-8-12-25(19-24)30(23-15-16-23)31-27(35)20-29(39-32(31)36)33(17-6-7-18-33)21-22-9-2-1-3-10-22/h1-5,8-14,19-20,23,30,35H,6-7,15-18,21H2,(H2,34,37,38). The van der Waals surface area contributed by atoms with Crippen molar-refractivity contribution in [3.63, 3.8) is 0 Å². The van der Waals surface area contributed by atoms with Crippen molar-refractivity contribution in [2.45, 2.75) is 61.2 Å². The van der Waals surface area contributed by atoms with Gasteiger partial charge in [0.05, 0.1) is 10.5 Å². The highest BCUT2D eigenvalue weighted by Crippen LogP contribution is 2.50.